The quantitative estimate of drug-likeness (QED) is 0.326. The van der Waals surface area contributed by atoms with E-state index in [2.05, 4.69) is 4.99 Å². The minimum atomic E-state index is -0.179. The largest absolute Gasteiger partial charge is 0.629 e. The normalized spacial score (nSPS) is 37.8. The molecule has 2 N–H and O–H groups in total. The van der Waals surface area contributed by atoms with Gasteiger partial charge in [0.15, 0.2) is 13.0 Å². The molecule has 0 aromatic carbocycles. The molecule has 1 heterocycles. The molecule has 0 saturated heterocycles. The summed E-state index contributed by atoms with van der Waals surface area (Å²) in [6, 6.07) is 0. The van der Waals surface area contributed by atoms with Crippen LogP contribution in [0.4, 0.5) is 0 Å². The van der Waals surface area contributed by atoms with E-state index in [9.17, 15) is 10.4 Å². The lowest BCUT2D eigenvalue weighted by molar-refractivity contribution is -1.01. The van der Waals surface area contributed by atoms with Gasteiger partial charge in [0.25, 0.3) is 0 Å². The van der Waals surface area contributed by atoms with Crippen LogP contribution in [0.1, 0.15) is 0 Å². The molecule has 0 aliphatic carbocycles. The third-order valence-electron chi connectivity index (χ3n) is 0.874. The summed E-state index contributed by atoms with van der Waals surface area (Å²) in [6.07, 6.45) is 1.21. The van der Waals surface area contributed by atoms with Crippen LogP contribution >= 0.6 is 0 Å². The van der Waals surface area contributed by atoms with Gasteiger partial charge < -0.3 is 15.5 Å². The third-order valence-corrected chi connectivity index (χ3v) is 0.874. The van der Waals surface area contributed by atoms with Gasteiger partial charge in [-0.25, -0.2) is 0 Å². The van der Waals surface area contributed by atoms with E-state index in [1.54, 1.807) is 0 Å². The molecule has 0 bridgehead atoms. The van der Waals surface area contributed by atoms with Crippen LogP contribution in [0, 0.1) is 10.4 Å². The lowest BCUT2D eigenvalue weighted by Crippen LogP contribution is -3.28. The second-order valence-electron chi connectivity index (χ2n) is 1.65. The molecule has 0 spiro atoms. The number of aliphatic imine (C=N–C) groups is 1. The molecule has 1 aliphatic heterocycles. The molecule has 1 aliphatic rings. The molecule has 0 aromatic rings. The second kappa shape index (κ2) is 2.19. The van der Waals surface area contributed by atoms with Gasteiger partial charge in [-0.2, -0.15) is 4.99 Å². The first-order chi connectivity index (χ1) is 3.79. The Bertz CT molecular complexity index is 105. The molecule has 46 valence electrons. The number of nitrogens with one attached hydrogen (secondary N) is 2. The lowest BCUT2D eigenvalue weighted by Gasteiger charge is -2.27. The molecule has 0 saturated carbocycles. The minimum Gasteiger partial charge on any atom is -0.629 e. The number of hydrogen-bond donors (Lipinski definition) is 2. The molecular weight excluding hydrogens is 110 g/mol. The number of nitrogens with zero attached hydrogens (tertiary/aromatic N) is 1. The van der Waals surface area contributed by atoms with Crippen molar-refractivity contribution < 1.29 is 10.1 Å². The van der Waals surface area contributed by atoms with Crippen molar-refractivity contribution in [1.82, 2.24) is 0 Å². The highest BCUT2D eigenvalue weighted by Crippen LogP contribution is 1.52. The zero-order chi connectivity index (χ0) is 5.98. The molecular formula is C3H7N3O2. The molecule has 1 rings (SSSR count). The van der Waals surface area contributed by atoms with E-state index in [0.29, 0.717) is 0 Å². The Morgan fingerprint density at radius 1 is 1.50 bits per heavy atom. The fourth-order valence-corrected chi connectivity index (χ4v) is 0.545. The number of hydrogen-bond acceptors (Lipinski definition) is 3. The van der Waals surface area contributed by atoms with Crippen molar-refractivity contribution in [3.8, 4) is 0 Å². The summed E-state index contributed by atoms with van der Waals surface area (Å²) in [5.41, 5.74) is 0. The Morgan fingerprint density at radius 3 is 2.62 bits per heavy atom. The van der Waals surface area contributed by atoms with Crippen LogP contribution in [-0.4, -0.2) is 19.7 Å². The summed E-state index contributed by atoms with van der Waals surface area (Å²) in [5.74, 6) is 0. The van der Waals surface area contributed by atoms with Crippen molar-refractivity contribution in [3.05, 3.63) is 10.4 Å². The SMILES string of the molecule is [O-][NH+]1C=NC[NH+]([O-])C1. The van der Waals surface area contributed by atoms with Gasteiger partial charge in [0.2, 0.25) is 6.67 Å². The van der Waals surface area contributed by atoms with Gasteiger partial charge >= 0.3 is 0 Å². The molecule has 8 heavy (non-hydrogen) atoms. The molecule has 0 fully saturated rings. The first-order valence-corrected chi connectivity index (χ1v) is 2.33. The van der Waals surface area contributed by atoms with Gasteiger partial charge in [-0.15, -0.1) is 0 Å². The first kappa shape index (κ1) is 5.64. The van der Waals surface area contributed by atoms with Crippen molar-refractivity contribution >= 4 is 6.34 Å². The minimum absolute atomic E-state index is 0.0451. The van der Waals surface area contributed by atoms with Gasteiger partial charge in [0, 0.05) is 0 Å². The summed E-state index contributed by atoms with van der Waals surface area (Å²) in [7, 11) is 0. The Balaban J connectivity index is 2.42. The summed E-state index contributed by atoms with van der Waals surface area (Å²) >= 11 is 0. The standard InChI is InChI=1S/C3H7N3O2/c7-5-1-4-2-6(8)3-5/h1,5-6H,2-3H2. The highest BCUT2D eigenvalue weighted by atomic mass is 16.5. The lowest BCUT2D eigenvalue weighted by atomic mass is 10.8. The molecule has 0 amide bonds. The zero-order valence-corrected chi connectivity index (χ0v) is 4.26. The molecule has 2 atom stereocenters. The Labute approximate surface area is 46.4 Å². The Morgan fingerprint density at radius 2 is 2.25 bits per heavy atom. The number of hydroxylamine groups is 4. The fraction of sp³-hybridized carbons (Fsp3) is 0.667. The molecule has 2 unspecified atom stereocenters. The molecule has 5 nitrogen and oxygen atoms in total. The van der Waals surface area contributed by atoms with E-state index < -0.39 is 0 Å². The maximum absolute atomic E-state index is 10.3. The van der Waals surface area contributed by atoms with Crippen molar-refractivity contribution in [2.45, 2.75) is 0 Å². The maximum atomic E-state index is 10.3. The summed E-state index contributed by atoms with van der Waals surface area (Å²) in [6.45, 7) is 0.231. The van der Waals surface area contributed by atoms with Crippen LogP contribution in [0.25, 0.3) is 0 Å². The summed E-state index contributed by atoms with van der Waals surface area (Å²) < 4.78 is 0. The molecule has 0 aromatic heterocycles. The van der Waals surface area contributed by atoms with Crippen molar-refractivity contribution in [3.63, 3.8) is 0 Å². The van der Waals surface area contributed by atoms with Crippen LogP contribution in [0.2, 0.25) is 0 Å². The van der Waals surface area contributed by atoms with Crippen LogP contribution in [0.3, 0.4) is 0 Å². The summed E-state index contributed by atoms with van der Waals surface area (Å²) in [5, 5.41) is 20.4. The Hall–Kier alpha value is -0.490. The number of quaternary nitrogens is 2. The zero-order valence-electron chi connectivity index (χ0n) is 4.26. The van der Waals surface area contributed by atoms with E-state index in [4.69, 9.17) is 0 Å². The van der Waals surface area contributed by atoms with Crippen molar-refractivity contribution in [2.75, 3.05) is 13.3 Å². The van der Waals surface area contributed by atoms with Gasteiger partial charge in [-0.1, -0.05) is 0 Å². The van der Waals surface area contributed by atoms with Crippen LogP contribution in [-0.2, 0) is 0 Å². The topological polar surface area (TPSA) is 67.4 Å². The number of rotatable bonds is 0. The summed E-state index contributed by atoms with van der Waals surface area (Å²) in [4.78, 5) is 3.52. The second-order valence-corrected chi connectivity index (χ2v) is 1.65. The van der Waals surface area contributed by atoms with Gasteiger partial charge in [-0.05, 0) is 0 Å². The Kier molecular flexibility index (Phi) is 1.54. The van der Waals surface area contributed by atoms with Crippen molar-refractivity contribution in [2.24, 2.45) is 4.99 Å². The van der Waals surface area contributed by atoms with E-state index in [1.807, 2.05) is 0 Å². The fourth-order valence-electron chi connectivity index (χ4n) is 0.545. The average Bonchev–Trinajstić information content (AvgIpc) is 1.64. The molecule has 5 heteroatoms. The maximum Gasteiger partial charge on any atom is 0.210 e. The average molecular weight is 117 g/mol. The van der Waals surface area contributed by atoms with Crippen LogP contribution in [0.15, 0.2) is 4.99 Å². The smallest absolute Gasteiger partial charge is 0.210 e. The van der Waals surface area contributed by atoms with Gasteiger partial charge in [-0.3, -0.25) is 5.06 Å². The highest BCUT2D eigenvalue weighted by molar-refractivity contribution is 5.43. The highest BCUT2D eigenvalue weighted by Gasteiger charge is 2.03. The predicted molar refractivity (Wildman–Crippen MR) is 26.9 cm³/mol. The van der Waals surface area contributed by atoms with Crippen LogP contribution in [0.5, 0.6) is 0 Å². The predicted octanol–water partition coefficient (Wildman–Crippen LogP) is -3.29. The molecule has 0 radical (unpaired) electrons. The van der Waals surface area contributed by atoms with E-state index in [0.717, 1.165) is 0 Å². The monoisotopic (exact) mass is 117 g/mol. The van der Waals surface area contributed by atoms with E-state index in [-0.39, 0.29) is 23.5 Å². The third kappa shape index (κ3) is 1.24. The van der Waals surface area contributed by atoms with Crippen LogP contribution < -0.4 is 10.1 Å². The van der Waals surface area contributed by atoms with Gasteiger partial charge in [0.05, 0.1) is 0 Å². The van der Waals surface area contributed by atoms with Gasteiger partial charge in [0.1, 0.15) is 0 Å². The van der Waals surface area contributed by atoms with Crippen molar-refractivity contribution in [1.29, 1.82) is 0 Å². The first-order valence-electron chi connectivity index (χ1n) is 2.33. The van der Waals surface area contributed by atoms with E-state index in [1.165, 1.54) is 6.34 Å². The van der Waals surface area contributed by atoms with E-state index >= 15 is 0 Å².